The average molecular weight is 297 g/mol. The molecule has 0 aliphatic heterocycles. The number of rotatable bonds is 11. The van der Waals surface area contributed by atoms with Gasteiger partial charge in [0.2, 0.25) is 10.4 Å². The van der Waals surface area contributed by atoms with Crippen LogP contribution in [0.25, 0.3) is 0 Å². The van der Waals surface area contributed by atoms with E-state index in [4.69, 9.17) is 5.11 Å². The summed E-state index contributed by atoms with van der Waals surface area (Å²) in [6.45, 7) is 1.33. The predicted octanol–water partition coefficient (Wildman–Crippen LogP) is 1.03. The van der Waals surface area contributed by atoms with Crippen LogP contribution in [0.15, 0.2) is 0 Å². The van der Waals surface area contributed by atoms with Crippen molar-refractivity contribution >= 4 is 16.4 Å². The normalized spacial score (nSPS) is 15.1. The first-order valence-electron chi connectivity index (χ1n) is 6.26. The standard InChI is InChI=1S/C11H22O7S/c1-9(18-19(15,16)17)10(12)7-5-3-2-4-6-8-11(13)14/h9-10,12H,2-8H2,1H3,(H,13,14)(H,15,16,17)/p-1. The number of hydrogen-bond donors (Lipinski definition) is 2. The van der Waals surface area contributed by atoms with E-state index in [0.29, 0.717) is 19.3 Å². The lowest BCUT2D eigenvalue weighted by Crippen LogP contribution is -2.28. The molecule has 0 aromatic heterocycles. The number of aliphatic hydroxyl groups excluding tert-OH is 1. The van der Waals surface area contributed by atoms with Crippen molar-refractivity contribution in [3.05, 3.63) is 0 Å². The highest BCUT2D eigenvalue weighted by Gasteiger charge is 2.16. The molecular formula is C11H21O7S-. The molecule has 0 rings (SSSR count). The molecule has 114 valence electrons. The van der Waals surface area contributed by atoms with Crippen molar-refractivity contribution in [1.82, 2.24) is 0 Å². The molecule has 2 N–H and O–H groups in total. The summed E-state index contributed by atoms with van der Waals surface area (Å²) in [7, 11) is -4.78. The van der Waals surface area contributed by atoms with Crippen LogP contribution >= 0.6 is 0 Å². The Labute approximate surface area is 113 Å². The fourth-order valence-electron chi connectivity index (χ4n) is 1.64. The van der Waals surface area contributed by atoms with Gasteiger partial charge >= 0.3 is 5.97 Å². The van der Waals surface area contributed by atoms with E-state index in [0.717, 1.165) is 19.3 Å². The maximum absolute atomic E-state index is 10.3. The Morgan fingerprint density at radius 1 is 1.21 bits per heavy atom. The Hall–Kier alpha value is -0.700. The molecule has 7 nitrogen and oxygen atoms in total. The maximum atomic E-state index is 10.3. The van der Waals surface area contributed by atoms with Gasteiger partial charge in [0, 0.05) is 6.42 Å². The zero-order chi connectivity index (χ0) is 14.9. The molecule has 0 fully saturated rings. The van der Waals surface area contributed by atoms with Crippen LogP contribution in [0, 0.1) is 0 Å². The van der Waals surface area contributed by atoms with Gasteiger partial charge in [-0.15, -0.1) is 0 Å². The monoisotopic (exact) mass is 297 g/mol. The molecule has 0 spiro atoms. The second-order valence-corrected chi connectivity index (χ2v) is 5.49. The summed E-state index contributed by atoms with van der Waals surface area (Å²) >= 11 is 0. The molecule has 2 atom stereocenters. The SMILES string of the molecule is CC(OS(=O)(=O)[O-])C(O)CCCCCCCC(=O)O. The fourth-order valence-corrected chi connectivity index (χ4v) is 2.14. The number of hydrogen-bond acceptors (Lipinski definition) is 6. The summed E-state index contributed by atoms with van der Waals surface area (Å²) < 4.78 is 35.1. The lowest BCUT2D eigenvalue weighted by molar-refractivity contribution is -0.137. The summed E-state index contributed by atoms with van der Waals surface area (Å²) in [6.07, 6.45) is 2.24. The first kappa shape index (κ1) is 18.3. The first-order valence-corrected chi connectivity index (χ1v) is 7.59. The van der Waals surface area contributed by atoms with Crippen molar-refractivity contribution in [2.24, 2.45) is 0 Å². The van der Waals surface area contributed by atoms with Crippen molar-refractivity contribution in [2.75, 3.05) is 0 Å². The van der Waals surface area contributed by atoms with Gasteiger partial charge in [-0.2, -0.15) is 0 Å². The summed E-state index contributed by atoms with van der Waals surface area (Å²) in [5, 5.41) is 18.0. The summed E-state index contributed by atoms with van der Waals surface area (Å²) in [6, 6.07) is 0. The summed E-state index contributed by atoms with van der Waals surface area (Å²) in [4.78, 5) is 10.2. The Bertz CT molecular complexity index is 352. The molecule has 0 saturated heterocycles. The average Bonchev–Trinajstić information content (AvgIpc) is 2.24. The molecule has 0 saturated carbocycles. The molecule has 2 unspecified atom stereocenters. The van der Waals surface area contributed by atoms with Gasteiger partial charge in [0.1, 0.15) is 0 Å². The lowest BCUT2D eigenvalue weighted by atomic mass is 10.0. The number of carbonyl (C=O) groups is 1. The van der Waals surface area contributed by atoms with Crippen molar-refractivity contribution < 1.29 is 32.2 Å². The van der Waals surface area contributed by atoms with Crippen molar-refractivity contribution in [1.29, 1.82) is 0 Å². The Balaban J connectivity index is 3.58. The number of carboxylic acid groups (broad SMARTS) is 1. The summed E-state index contributed by atoms with van der Waals surface area (Å²) in [5.74, 6) is -0.805. The fraction of sp³-hybridized carbons (Fsp3) is 0.909. The van der Waals surface area contributed by atoms with Crippen LogP contribution in [-0.2, 0) is 19.4 Å². The molecule has 0 aliphatic carbocycles. The van der Waals surface area contributed by atoms with Gasteiger partial charge in [0.15, 0.2) is 0 Å². The molecule has 19 heavy (non-hydrogen) atoms. The predicted molar refractivity (Wildman–Crippen MR) is 66.2 cm³/mol. The smallest absolute Gasteiger partial charge is 0.303 e. The van der Waals surface area contributed by atoms with Crippen LogP contribution in [0.2, 0.25) is 0 Å². The van der Waals surface area contributed by atoms with E-state index in [1.54, 1.807) is 0 Å². The molecule has 8 heteroatoms. The minimum absolute atomic E-state index is 0.162. The van der Waals surface area contributed by atoms with Crippen molar-refractivity contribution in [3.63, 3.8) is 0 Å². The largest absolute Gasteiger partial charge is 0.726 e. The second-order valence-electron chi connectivity index (χ2n) is 4.48. The minimum Gasteiger partial charge on any atom is -0.726 e. The Morgan fingerprint density at radius 2 is 1.74 bits per heavy atom. The number of unbranched alkanes of at least 4 members (excludes halogenated alkanes) is 4. The zero-order valence-electron chi connectivity index (χ0n) is 10.9. The van der Waals surface area contributed by atoms with E-state index in [1.165, 1.54) is 6.92 Å². The molecule has 0 aromatic carbocycles. The van der Waals surface area contributed by atoms with Crippen LogP contribution in [0.4, 0.5) is 0 Å². The van der Waals surface area contributed by atoms with Gasteiger partial charge in [-0.05, 0) is 19.8 Å². The Kier molecular flexibility index (Phi) is 8.90. The lowest BCUT2D eigenvalue weighted by Gasteiger charge is -2.20. The van der Waals surface area contributed by atoms with Gasteiger partial charge < -0.3 is 14.8 Å². The highest BCUT2D eigenvalue weighted by atomic mass is 32.3. The number of carboxylic acids is 1. The van der Waals surface area contributed by atoms with E-state index in [2.05, 4.69) is 4.18 Å². The van der Waals surface area contributed by atoms with Gasteiger partial charge in [-0.25, -0.2) is 8.42 Å². The molecule has 0 amide bonds. The molecule has 0 aromatic rings. The highest BCUT2D eigenvalue weighted by Crippen LogP contribution is 2.12. The third kappa shape index (κ3) is 12.1. The van der Waals surface area contributed by atoms with Gasteiger partial charge in [0.05, 0.1) is 12.2 Å². The minimum atomic E-state index is -4.78. The molecule has 0 heterocycles. The van der Waals surface area contributed by atoms with E-state index >= 15 is 0 Å². The van der Waals surface area contributed by atoms with Crippen LogP contribution < -0.4 is 0 Å². The third-order valence-electron chi connectivity index (χ3n) is 2.70. The molecule has 0 radical (unpaired) electrons. The van der Waals surface area contributed by atoms with Crippen LogP contribution in [-0.4, -0.2) is 41.4 Å². The van der Waals surface area contributed by atoms with E-state index in [-0.39, 0.29) is 6.42 Å². The molecule has 0 aliphatic rings. The maximum Gasteiger partial charge on any atom is 0.303 e. The summed E-state index contributed by atoms with van der Waals surface area (Å²) in [5.41, 5.74) is 0. The number of aliphatic carboxylic acids is 1. The van der Waals surface area contributed by atoms with Crippen molar-refractivity contribution in [3.8, 4) is 0 Å². The van der Waals surface area contributed by atoms with Crippen LogP contribution in [0.3, 0.4) is 0 Å². The van der Waals surface area contributed by atoms with E-state index in [1.807, 2.05) is 0 Å². The van der Waals surface area contributed by atoms with Gasteiger partial charge in [0.25, 0.3) is 0 Å². The third-order valence-corrected chi connectivity index (χ3v) is 3.24. The topological polar surface area (TPSA) is 124 Å². The quantitative estimate of drug-likeness (QED) is 0.331. The van der Waals surface area contributed by atoms with Crippen LogP contribution in [0.5, 0.6) is 0 Å². The van der Waals surface area contributed by atoms with E-state index < -0.39 is 28.6 Å². The molecular weight excluding hydrogens is 276 g/mol. The van der Waals surface area contributed by atoms with Gasteiger partial charge in [-0.1, -0.05) is 25.7 Å². The second kappa shape index (κ2) is 9.24. The Morgan fingerprint density at radius 3 is 2.26 bits per heavy atom. The zero-order valence-corrected chi connectivity index (χ0v) is 11.8. The van der Waals surface area contributed by atoms with Crippen molar-refractivity contribution in [2.45, 2.75) is 64.1 Å². The first-order chi connectivity index (χ1) is 8.72. The highest BCUT2D eigenvalue weighted by molar-refractivity contribution is 7.80. The number of aliphatic hydroxyl groups is 1. The van der Waals surface area contributed by atoms with Crippen LogP contribution in [0.1, 0.15) is 51.9 Å². The van der Waals surface area contributed by atoms with Gasteiger partial charge in [-0.3, -0.25) is 8.98 Å². The molecule has 0 bridgehead atoms. The van der Waals surface area contributed by atoms with E-state index in [9.17, 15) is 22.9 Å².